The number of aromatic nitrogens is 3. The molecule has 0 aliphatic carbocycles. The van der Waals surface area contributed by atoms with Gasteiger partial charge in [0, 0.05) is 32.0 Å². The van der Waals surface area contributed by atoms with E-state index in [1.165, 1.54) is 6.20 Å². The molecule has 2 aromatic rings. The zero-order valence-electron chi connectivity index (χ0n) is 16.5. The van der Waals surface area contributed by atoms with Gasteiger partial charge in [-0.3, -0.25) is 10.1 Å². The minimum absolute atomic E-state index is 0.0450. The van der Waals surface area contributed by atoms with Crippen molar-refractivity contribution in [2.24, 2.45) is 5.92 Å². The van der Waals surface area contributed by atoms with Gasteiger partial charge in [-0.15, -0.1) is 0 Å². The maximum absolute atomic E-state index is 11.2. The van der Waals surface area contributed by atoms with Crippen LogP contribution in [0.15, 0.2) is 24.5 Å². The number of hydrogen-bond acceptors (Lipinski definition) is 8. The van der Waals surface area contributed by atoms with Crippen LogP contribution in [0.4, 0.5) is 23.3 Å². The van der Waals surface area contributed by atoms with Gasteiger partial charge < -0.3 is 15.0 Å². The average Bonchev–Trinajstić information content (AvgIpc) is 2.68. The molecule has 3 rings (SSSR count). The largest absolute Gasteiger partial charge is 0.381 e. The summed E-state index contributed by atoms with van der Waals surface area (Å²) in [7, 11) is 1.74. The van der Waals surface area contributed by atoms with Gasteiger partial charge in [-0.25, -0.2) is 9.97 Å². The molecule has 3 heterocycles. The second-order valence-electron chi connectivity index (χ2n) is 7.34. The fourth-order valence-electron chi connectivity index (χ4n) is 3.32. The lowest BCUT2D eigenvalue weighted by Gasteiger charge is -2.31. The minimum Gasteiger partial charge on any atom is -0.381 e. The van der Waals surface area contributed by atoms with Gasteiger partial charge in [0.25, 0.3) is 5.69 Å². The first-order valence-electron chi connectivity index (χ1n) is 9.47. The number of ether oxygens (including phenoxy) is 1. The number of nitrogens with zero attached hydrogens (tertiary/aromatic N) is 5. The van der Waals surface area contributed by atoms with Gasteiger partial charge in [-0.2, -0.15) is 4.98 Å². The van der Waals surface area contributed by atoms with Crippen LogP contribution < -0.4 is 10.2 Å². The highest BCUT2D eigenvalue weighted by Crippen LogP contribution is 2.25. The SMILES string of the molecule is COC1CCN(c2nccc(Nc3cc(CC(C)C)c([N+](=O)[O-])cn3)n2)CC1. The van der Waals surface area contributed by atoms with Gasteiger partial charge in [0.2, 0.25) is 5.95 Å². The van der Waals surface area contributed by atoms with E-state index in [-0.39, 0.29) is 10.6 Å². The van der Waals surface area contributed by atoms with Crippen molar-refractivity contribution in [1.29, 1.82) is 0 Å². The van der Waals surface area contributed by atoms with Crippen molar-refractivity contribution in [3.05, 3.63) is 40.2 Å². The Kier molecular flexibility index (Phi) is 6.35. The quantitative estimate of drug-likeness (QED) is 0.570. The lowest BCUT2D eigenvalue weighted by atomic mass is 10.0. The highest BCUT2D eigenvalue weighted by Gasteiger charge is 2.21. The van der Waals surface area contributed by atoms with Crippen LogP contribution in [-0.2, 0) is 11.2 Å². The second kappa shape index (κ2) is 8.92. The molecule has 1 aliphatic rings. The van der Waals surface area contributed by atoms with Gasteiger partial charge in [0.05, 0.1) is 11.0 Å². The van der Waals surface area contributed by atoms with E-state index >= 15 is 0 Å². The number of pyridine rings is 1. The predicted octanol–water partition coefficient (Wildman–Crippen LogP) is 3.34. The molecule has 0 spiro atoms. The summed E-state index contributed by atoms with van der Waals surface area (Å²) in [6.07, 6.45) is 5.79. The lowest BCUT2D eigenvalue weighted by Crippen LogP contribution is -2.37. The Bertz CT molecular complexity index is 821. The molecule has 0 unspecified atom stereocenters. The van der Waals surface area contributed by atoms with Crippen molar-refractivity contribution < 1.29 is 9.66 Å². The summed E-state index contributed by atoms with van der Waals surface area (Å²) in [6.45, 7) is 5.74. The number of anilines is 3. The average molecular weight is 386 g/mol. The standard InChI is InChI=1S/C19H26N6O3/c1-13(2)10-14-11-18(21-12-16(14)25(26)27)22-17-4-7-20-19(23-17)24-8-5-15(28-3)6-9-24/h4,7,11-13,15H,5-6,8-10H2,1-3H3,(H,20,21,22,23). The van der Waals surface area contributed by atoms with Crippen molar-refractivity contribution in [3.63, 3.8) is 0 Å². The third-order valence-corrected chi connectivity index (χ3v) is 4.75. The molecule has 0 bridgehead atoms. The molecule has 2 aromatic heterocycles. The van der Waals surface area contributed by atoms with E-state index in [9.17, 15) is 10.1 Å². The molecule has 0 aromatic carbocycles. The lowest BCUT2D eigenvalue weighted by molar-refractivity contribution is -0.385. The number of rotatable bonds is 7. The van der Waals surface area contributed by atoms with E-state index in [0.717, 1.165) is 25.9 Å². The zero-order chi connectivity index (χ0) is 20.1. The molecule has 9 nitrogen and oxygen atoms in total. The number of hydrogen-bond donors (Lipinski definition) is 1. The van der Waals surface area contributed by atoms with Crippen molar-refractivity contribution >= 4 is 23.3 Å². The third kappa shape index (κ3) is 4.92. The summed E-state index contributed by atoms with van der Waals surface area (Å²) in [5.74, 6) is 2.10. The van der Waals surface area contributed by atoms with E-state index in [2.05, 4.69) is 25.2 Å². The molecular weight excluding hydrogens is 360 g/mol. The smallest absolute Gasteiger partial charge is 0.290 e. The van der Waals surface area contributed by atoms with Gasteiger partial charge in [0.15, 0.2) is 0 Å². The van der Waals surface area contributed by atoms with E-state index in [1.54, 1.807) is 25.4 Å². The molecule has 150 valence electrons. The first kappa shape index (κ1) is 19.9. The molecule has 0 saturated carbocycles. The van der Waals surface area contributed by atoms with E-state index in [1.807, 2.05) is 13.8 Å². The highest BCUT2D eigenvalue weighted by atomic mass is 16.6. The molecule has 0 atom stereocenters. The van der Waals surface area contributed by atoms with Crippen LogP contribution in [0.25, 0.3) is 0 Å². The van der Waals surface area contributed by atoms with E-state index in [0.29, 0.717) is 41.6 Å². The summed E-state index contributed by atoms with van der Waals surface area (Å²) in [6, 6.07) is 3.49. The van der Waals surface area contributed by atoms with Gasteiger partial charge in [-0.05, 0) is 37.3 Å². The first-order valence-corrected chi connectivity index (χ1v) is 9.47. The molecule has 9 heteroatoms. The summed E-state index contributed by atoms with van der Waals surface area (Å²) in [4.78, 5) is 26.1. The highest BCUT2D eigenvalue weighted by molar-refractivity contribution is 5.56. The summed E-state index contributed by atoms with van der Waals surface area (Å²) < 4.78 is 5.41. The number of piperidine rings is 1. The number of nitro groups is 1. The fourth-order valence-corrected chi connectivity index (χ4v) is 3.32. The van der Waals surface area contributed by atoms with Crippen LogP contribution >= 0.6 is 0 Å². The van der Waals surface area contributed by atoms with E-state index in [4.69, 9.17) is 4.74 Å². The van der Waals surface area contributed by atoms with E-state index < -0.39 is 0 Å². The van der Waals surface area contributed by atoms with Crippen LogP contribution in [-0.4, -0.2) is 46.2 Å². The monoisotopic (exact) mass is 386 g/mol. The molecule has 28 heavy (non-hydrogen) atoms. The van der Waals surface area contributed by atoms with Crippen LogP contribution in [0.2, 0.25) is 0 Å². The Morgan fingerprint density at radius 1 is 1.32 bits per heavy atom. The summed E-state index contributed by atoms with van der Waals surface area (Å²) in [5, 5.41) is 14.4. The van der Waals surface area contributed by atoms with Crippen LogP contribution in [0.1, 0.15) is 32.3 Å². The molecule has 0 amide bonds. The second-order valence-corrected chi connectivity index (χ2v) is 7.34. The molecule has 1 fully saturated rings. The Balaban J connectivity index is 1.76. The topological polar surface area (TPSA) is 106 Å². The molecule has 1 aliphatic heterocycles. The Labute approximate surface area is 164 Å². The van der Waals surface area contributed by atoms with Crippen molar-refractivity contribution in [2.45, 2.75) is 39.2 Å². The minimum atomic E-state index is -0.388. The van der Waals surface area contributed by atoms with Gasteiger partial charge in [-0.1, -0.05) is 13.8 Å². The molecule has 1 saturated heterocycles. The van der Waals surface area contributed by atoms with Crippen LogP contribution in [0.3, 0.4) is 0 Å². The Morgan fingerprint density at radius 3 is 2.71 bits per heavy atom. The maximum Gasteiger partial charge on any atom is 0.290 e. The van der Waals surface area contributed by atoms with Gasteiger partial charge in [0.1, 0.15) is 17.8 Å². The van der Waals surface area contributed by atoms with Crippen molar-refractivity contribution in [2.75, 3.05) is 30.4 Å². The zero-order valence-corrected chi connectivity index (χ0v) is 16.5. The Morgan fingerprint density at radius 2 is 2.07 bits per heavy atom. The Hall–Kier alpha value is -2.81. The van der Waals surface area contributed by atoms with Crippen molar-refractivity contribution in [3.8, 4) is 0 Å². The summed E-state index contributed by atoms with van der Waals surface area (Å²) in [5.41, 5.74) is 0.706. The van der Waals surface area contributed by atoms with Crippen LogP contribution in [0.5, 0.6) is 0 Å². The maximum atomic E-state index is 11.2. The molecule has 0 radical (unpaired) electrons. The van der Waals surface area contributed by atoms with Crippen molar-refractivity contribution in [1.82, 2.24) is 15.0 Å². The normalized spacial score (nSPS) is 15.1. The predicted molar refractivity (Wildman–Crippen MR) is 107 cm³/mol. The fraction of sp³-hybridized carbons (Fsp3) is 0.526. The van der Waals surface area contributed by atoms with Gasteiger partial charge >= 0.3 is 0 Å². The first-order chi connectivity index (χ1) is 13.5. The third-order valence-electron chi connectivity index (χ3n) is 4.75. The number of methoxy groups -OCH3 is 1. The molecule has 1 N–H and O–H groups in total. The summed E-state index contributed by atoms with van der Waals surface area (Å²) >= 11 is 0. The number of nitrogens with one attached hydrogen (secondary N) is 1. The molecular formula is C19H26N6O3. The van der Waals surface area contributed by atoms with Crippen LogP contribution in [0, 0.1) is 16.0 Å².